The van der Waals surface area contributed by atoms with E-state index in [1.807, 2.05) is 0 Å². The minimum atomic E-state index is -0.785. The van der Waals surface area contributed by atoms with E-state index in [0.29, 0.717) is 16.3 Å². The fraction of sp³-hybridized carbons (Fsp3) is 0.350. The van der Waals surface area contributed by atoms with E-state index in [0.717, 1.165) is 37.8 Å². The first kappa shape index (κ1) is 18.9. The number of nitrogens with zero attached hydrogens (tertiary/aromatic N) is 1. The molecule has 0 radical (unpaired) electrons. The van der Waals surface area contributed by atoms with E-state index < -0.39 is 11.6 Å². The number of nitrogens with two attached hydrogens (primary N) is 2. The van der Waals surface area contributed by atoms with Crippen molar-refractivity contribution in [3.8, 4) is 0 Å². The van der Waals surface area contributed by atoms with E-state index in [1.54, 1.807) is 13.1 Å². The van der Waals surface area contributed by atoms with Crippen molar-refractivity contribution in [3.63, 3.8) is 0 Å². The number of rotatable bonds is 3. The molecule has 5 nitrogen and oxygen atoms in total. The second kappa shape index (κ2) is 7.82. The molecular formula is C20H24F2N4O. The molecule has 7 heteroatoms. The summed E-state index contributed by atoms with van der Waals surface area (Å²) < 4.78 is 28.5. The van der Waals surface area contributed by atoms with Gasteiger partial charge in [-0.15, -0.1) is 0 Å². The third-order valence-electron chi connectivity index (χ3n) is 5.14. The Kier molecular flexibility index (Phi) is 5.48. The van der Waals surface area contributed by atoms with Crippen molar-refractivity contribution in [1.29, 1.82) is 0 Å². The van der Waals surface area contributed by atoms with Gasteiger partial charge in [0, 0.05) is 36.1 Å². The molecule has 0 amide bonds. The lowest BCUT2D eigenvalue weighted by Gasteiger charge is -2.22. The molecule has 0 spiro atoms. The van der Waals surface area contributed by atoms with Gasteiger partial charge in [-0.2, -0.15) is 0 Å². The highest BCUT2D eigenvalue weighted by Gasteiger charge is 2.18. The van der Waals surface area contributed by atoms with Crippen molar-refractivity contribution in [1.82, 2.24) is 4.57 Å². The zero-order chi connectivity index (χ0) is 19.6. The van der Waals surface area contributed by atoms with E-state index in [4.69, 9.17) is 11.5 Å². The summed E-state index contributed by atoms with van der Waals surface area (Å²) in [6.07, 6.45) is 6.80. The van der Waals surface area contributed by atoms with E-state index in [9.17, 15) is 13.6 Å². The molecular weight excluding hydrogens is 350 g/mol. The normalized spacial score (nSPS) is 17.1. The number of hydrogen-bond acceptors (Lipinski definition) is 4. The fourth-order valence-electron chi connectivity index (χ4n) is 3.68. The van der Waals surface area contributed by atoms with Crippen molar-refractivity contribution < 1.29 is 8.78 Å². The SMILES string of the molecule is Cn1c(=O)c(Nc2ccc(F)cc2F)cc(=C/N)/c1=C(\N)C1CCCCC1. The molecule has 1 heterocycles. The summed E-state index contributed by atoms with van der Waals surface area (Å²) in [5.74, 6) is -1.25. The molecule has 27 heavy (non-hydrogen) atoms. The van der Waals surface area contributed by atoms with E-state index >= 15 is 0 Å². The highest BCUT2D eigenvalue weighted by atomic mass is 19.1. The maximum atomic E-state index is 13.9. The van der Waals surface area contributed by atoms with Gasteiger partial charge in [0.05, 0.1) is 11.0 Å². The van der Waals surface area contributed by atoms with Crippen LogP contribution in [-0.2, 0) is 7.05 Å². The maximum Gasteiger partial charge on any atom is 0.274 e. The van der Waals surface area contributed by atoms with Crippen molar-refractivity contribution in [2.75, 3.05) is 5.32 Å². The Bertz CT molecular complexity index is 1020. The number of benzene rings is 1. The van der Waals surface area contributed by atoms with Gasteiger partial charge >= 0.3 is 0 Å². The van der Waals surface area contributed by atoms with Crippen molar-refractivity contribution >= 4 is 23.3 Å². The van der Waals surface area contributed by atoms with Gasteiger partial charge in [-0.1, -0.05) is 19.3 Å². The van der Waals surface area contributed by atoms with Gasteiger partial charge in [0.1, 0.15) is 17.3 Å². The van der Waals surface area contributed by atoms with E-state index in [2.05, 4.69) is 5.32 Å². The summed E-state index contributed by atoms with van der Waals surface area (Å²) in [7, 11) is 1.62. The van der Waals surface area contributed by atoms with Crippen LogP contribution in [0.4, 0.5) is 20.2 Å². The Morgan fingerprint density at radius 1 is 1.19 bits per heavy atom. The fourth-order valence-corrected chi connectivity index (χ4v) is 3.68. The number of anilines is 2. The van der Waals surface area contributed by atoms with Crippen LogP contribution in [0.5, 0.6) is 0 Å². The van der Waals surface area contributed by atoms with Crippen molar-refractivity contribution in [2.45, 2.75) is 32.1 Å². The Hall–Kier alpha value is -2.83. The van der Waals surface area contributed by atoms with Gasteiger partial charge in [0.25, 0.3) is 5.56 Å². The van der Waals surface area contributed by atoms with Crippen LogP contribution in [0.2, 0.25) is 0 Å². The summed E-state index contributed by atoms with van der Waals surface area (Å²) in [4.78, 5) is 12.8. The predicted octanol–water partition coefficient (Wildman–Crippen LogP) is 1.75. The van der Waals surface area contributed by atoms with Crippen LogP contribution in [0, 0.1) is 17.6 Å². The average Bonchev–Trinajstić information content (AvgIpc) is 2.67. The van der Waals surface area contributed by atoms with Gasteiger partial charge in [-0.05, 0) is 31.0 Å². The molecule has 0 aliphatic heterocycles. The molecule has 144 valence electrons. The van der Waals surface area contributed by atoms with Crippen LogP contribution in [0.3, 0.4) is 0 Å². The number of aromatic nitrogens is 1. The molecule has 1 aliphatic carbocycles. The predicted molar refractivity (Wildman–Crippen MR) is 103 cm³/mol. The molecule has 2 aromatic rings. The quantitative estimate of drug-likeness (QED) is 0.764. The zero-order valence-corrected chi connectivity index (χ0v) is 15.3. The van der Waals surface area contributed by atoms with Gasteiger partial charge in [0.15, 0.2) is 0 Å². The molecule has 0 unspecified atom stereocenters. The van der Waals surface area contributed by atoms with Crippen LogP contribution in [0.15, 0.2) is 29.1 Å². The topological polar surface area (TPSA) is 86.1 Å². The van der Waals surface area contributed by atoms with Crippen molar-refractivity contribution in [2.24, 2.45) is 24.4 Å². The molecule has 1 aliphatic rings. The molecule has 1 aromatic carbocycles. The van der Waals surface area contributed by atoms with Crippen LogP contribution in [0.1, 0.15) is 32.1 Å². The molecule has 0 bridgehead atoms. The molecule has 1 aromatic heterocycles. The zero-order valence-electron chi connectivity index (χ0n) is 15.3. The van der Waals surface area contributed by atoms with Gasteiger partial charge in [-0.25, -0.2) is 8.78 Å². The van der Waals surface area contributed by atoms with Crippen molar-refractivity contribution in [3.05, 3.63) is 56.8 Å². The average molecular weight is 374 g/mol. The smallest absolute Gasteiger partial charge is 0.274 e. The highest BCUT2D eigenvalue weighted by molar-refractivity contribution is 5.60. The molecule has 1 fully saturated rings. The summed E-state index contributed by atoms with van der Waals surface area (Å²) in [6, 6.07) is 4.67. The maximum absolute atomic E-state index is 13.9. The first-order valence-electron chi connectivity index (χ1n) is 9.06. The second-order valence-corrected chi connectivity index (χ2v) is 6.93. The Morgan fingerprint density at radius 2 is 1.89 bits per heavy atom. The molecule has 0 saturated heterocycles. The first-order valence-corrected chi connectivity index (χ1v) is 9.06. The van der Waals surface area contributed by atoms with Gasteiger partial charge < -0.3 is 21.4 Å². The summed E-state index contributed by atoms with van der Waals surface area (Å²) in [6.45, 7) is 0. The third-order valence-corrected chi connectivity index (χ3v) is 5.14. The molecule has 3 rings (SSSR count). The van der Waals surface area contributed by atoms with Crippen LogP contribution in [0.25, 0.3) is 11.9 Å². The summed E-state index contributed by atoms with van der Waals surface area (Å²) in [5, 5.41) is 3.91. The van der Waals surface area contributed by atoms with Crippen LogP contribution in [-0.4, -0.2) is 4.57 Å². The van der Waals surface area contributed by atoms with Gasteiger partial charge in [-0.3, -0.25) is 4.79 Å². The minimum Gasteiger partial charge on any atom is -0.404 e. The standard InChI is InChI=1S/C20H24F2N4O/c1-26-19(18(24)12-5-3-2-4-6-12)13(11-23)9-17(20(26)27)25-16-8-7-14(21)10-15(16)22/h7-12,25H,2-6,23-24H2,1H3/b13-11-,19-18+. The summed E-state index contributed by atoms with van der Waals surface area (Å²) in [5.41, 5.74) is 12.6. The first-order chi connectivity index (χ1) is 12.9. The highest BCUT2D eigenvalue weighted by Crippen LogP contribution is 2.27. The largest absolute Gasteiger partial charge is 0.404 e. The number of pyridine rings is 1. The molecule has 5 N–H and O–H groups in total. The van der Waals surface area contributed by atoms with E-state index in [1.165, 1.54) is 23.3 Å². The van der Waals surface area contributed by atoms with E-state index in [-0.39, 0.29) is 22.9 Å². The van der Waals surface area contributed by atoms with Crippen LogP contribution < -0.4 is 32.9 Å². The lowest BCUT2D eigenvalue weighted by atomic mass is 9.86. The summed E-state index contributed by atoms with van der Waals surface area (Å²) >= 11 is 0. The Morgan fingerprint density at radius 3 is 2.52 bits per heavy atom. The second-order valence-electron chi connectivity index (χ2n) is 6.93. The lowest BCUT2D eigenvalue weighted by molar-refractivity contribution is 0.423. The third kappa shape index (κ3) is 3.82. The molecule has 1 saturated carbocycles. The Labute approximate surface area is 156 Å². The Balaban J connectivity index is 2.12. The number of halogens is 2. The number of nitrogens with one attached hydrogen (secondary N) is 1. The minimum absolute atomic E-state index is 0.00783. The number of hydrogen-bond donors (Lipinski definition) is 3. The monoisotopic (exact) mass is 374 g/mol. The molecule has 0 atom stereocenters. The van der Waals surface area contributed by atoms with Crippen LogP contribution >= 0.6 is 0 Å². The van der Waals surface area contributed by atoms with Gasteiger partial charge in [0.2, 0.25) is 0 Å². The lowest BCUT2D eigenvalue weighted by Crippen LogP contribution is -2.46.